The SMILES string of the molecule is CN1c2c(nc(N)[nH]c2=O)NC[C@@H]1CNc1ccc(C(=O)O)cc1. The van der Waals surface area contributed by atoms with Crippen molar-refractivity contribution >= 4 is 29.1 Å². The molecule has 0 spiro atoms. The molecule has 1 aromatic carbocycles. The molecule has 1 aliphatic heterocycles. The smallest absolute Gasteiger partial charge is 0.335 e. The number of benzene rings is 1. The molecule has 126 valence electrons. The molecule has 2 heterocycles. The van der Waals surface area contributed by atoms with E-state index >= 15 is 0 Å². The van der Waals surface area contributed by atoms with Crippen LogP contribution >= 0.6 is 0 Å². The number of H-pyrrole nitrogens is 1. The van der Waals surface area contributed by atoms with Gasteiger partial charge in [0.2, 0.25) is 5.95 Å². The van der Waals surface area contributed by atoms with E-state index in [1.54, 1.807) is 24.3 Å². The van der Waals surface area contributed by atoms with Crippen LogP contribution in [0, 0.1) is 0 Å². The Hall–Kier alpha value is -3.23. The fourth-order valence-corrected chi connectivity index (χ4v) is 2.64. The first-order valence-corrected chi connectivity index (χ1v) is 7.39. The molecule has 0 radical (unpaired) electrons. The maximum Gasteiger partial charge on any atom is 0.335 e. The molecule has 0 unspecified atom stereocenters. The number of nitrogens with zero attached hydrogens (tertiary/aromatic N) is 2. The topological polar surface area (TPSA) is 136 Å². The van der Waals surface area contributed by atoms with E-state index in [0.717, 1.165) is 5.69 Å². The van der Waals surface area contributed by atoms with Crippen molar-refractivity contribution < 1.29 is 9.90 Å². The maximum atomic E-state index is 12.1. The van der Waals surface area contributed by atoms with Crippen molar-refractivity contribution in [3.05, 3.63) is 40.2 Å². The predicted molar refractivity (Wildman–Crippen MR) is 91.8 cm³/mol. The van der Waals surface area contributed by atoms with E-state index in [1.165, 1.54) is 0 Å². The minimum absolute atomic E-state index is 0.0168. The number of nitrogen functional groups attached to an aromatic ring is 1. The summed E-state index contributed by atoms with van der Waals surface area (Å²) in [5, 5.41) is 15.3. The lowest BCUT2D eigenvalue weighted by Gasteiger charge is -2.35. The molecule has 0 saturated heterocycles. The molecule has 2 aromatic rings. The van der Waals surface area contributed by atoms with Crippen molar-refractivity contribution in [3.8, 4) is 0 Å². The number of carboxylic acids is 1. The van der Waals surface area contributed by atoms with Crippen molar-refractivity contribution in [2.45, 2.75) is 6.04 Å². The van der Waals surface area contributed by atoms with Gasteiger partial charge >= 0.3 is 5.97 Å². The number of aromatic carboxylic acids is 1. The molecular weight excluding hydrogens is 312 g/mol. The zero-order valence-corrected chi connectivity index (χ0v) is 13.0. The van der Waals surface area contributed by atoms with Gasteiger partial charge in [-0.2, -0.15) is 4.98 Å². The molecular formula is C15H18N6O3. The van der Waals surface area contributed by atoms with E-state index in [0.29, 0.717) is 24.6 Å². The number of aromatic amines is 1. The van der Waals surface area contributed by atoms with Crippen LogP contribution < -0.4 is 26.8 Å². The Morgan fingerprint density at radius 2 is 2.17 bits per heavy atom. The normalized spacial score (nSPS) is 16.2. The van der Waals surface area contributed by atoms with Gasteiger partial charge in [-0.25, -0.2) is 4.79 Å². The zero-order chi connectivity index (χ0) is 17.3. The Bertz CT molecular complexity index is 817. The van der Waals surface area contributed by atoms with E-state index in [-0.39, 0.29) is 23.1 Å². The summed E-state index contributed by atoms with van der Waals surface area (Å²) in [7, 11) is 1.83. The van der Waals surface area contributed by atoms with E-state index in [4.69, 9.17) is 10.8 Å². The number of rotatable bonds is 4. The first-order valence-electron chi connectivity index (χ1n) is 7.39. The van der Waals surface area contributed by atoms with Crippen molar-refractivity contribution in [1.29, 1.82) is 0 Å². The van der Waals surface area contributed by atoms with Gasteiger partial charge in [0.15, 0.2) is 5.82 Å². The molecule has 1 atom stereocenters. The minimum atomic E-state index is -0.958. The Balaban J connectivity index is 1.70. The van der Waals surface area contributed by atoms with Gasteiger partial charge in [0.1, 0.15) is 5.69 Å². The molecule has 1 aromatic heterocycles. The van der Waals surface area contributed by atoms with Crippen LogP contribution in [0.1, 0.15) is 10.4 Å². The number of nitrogens with one attached hydrogen (secondary N) is 3. The van der Waals surface area contributed by atoms with Gasteiger partial charge in [-0.1, -0.05) is 0 Å². The van der Waals surface area contributed by atoms with E-state index in [2.05, 4.69) is 20.6 Å². The zero-order valence-electron chi connectivity index (χ0n) is 13.0. The maximum absolute atomic E-state index is 12.1. The Morgan fingerprint density at radius 3 is 2.83 bits per heavy atom. The number of hydrogen-bond donors (Lipinski definition) is 5. The van der Waals surface area contributed by atoms with Crippen molar-refractivity contribution in [2.24, 2.45) is 0 Å². The summed E-state index contributed by atoms with van der Waals surface area (Å²) in [6.07, 6.45) is 0. The van der Waals surface area contributed by atoms with Crippen molar-refractivity contribution in [2.75, 3.05) is 41.4 Å². The van der Waals surface area contributed by atoms with E-state index < -0.39 is 5.97 Å². The molecule has 6 N–H and O–H groups in total. The summed E-state index contributed by atoms with van der Waals surface area (Å²) in [4.78, 5) is 31.4. The third-order valence-electron chi connectivity index (χ3n) is 3.99. The number of carboxylic acid groups (broad SMARTS) is 1. The molecule has 24 heavy (non-hydrogen) atoms. The molecule has 0 aliphatic carbocycles. The molecule has 1 aliphatic rings. The van der Waals surface area contributed by atoms with Gasteiger partial charge < -0.3 is 26.4 Å². The first kappa shape index (κ1) is 15.7. The van der Waals surface area contributed by atoms with Crippen LogP contribution in [0.15, 0.2) is 29.1 Å². The fraction of sp³-hybridized carbons (Fsp3) is 0.267. The van der Waals surface area contributed by atoms with Gasteiger partial charge in [0, 0.05) is 25.8 Å². The Labute approximate surface area is 137 Å². The van der Waals surface area contributed by atoms with E-state index in [1.807, 2.05) is 11.9 Å². The van der Waals surface area contributed by atoms with Crippen LogP contribution in [0.2, 0.25) is 0 Å². The van der Waals surface area contributed by atoms with Gasteiger partial charge in [-0.3, -0.25) is 9.78 Å². The van der Waals surface area contributed by atoms with Gasteiger partial charge in [0.05, 0.1) is 11.6 Å². The van der Waals surface area contributed by atoms with Crippen molar-refractivity contribution in [1.82, 2.24) is 9.97 Å². The third-order valence-corrected chi connectivity index (χ3v) is 3.99. The summed E-state index contributed by atoms with van der Waals surface area (Å²) in [5.74, 6) is -0.407. The number of fused-ring (bicyclic) bond motifs is 1. The quantitative estimate of drug-likeness (QED) is 0.543. The fourth-order valence-electron chi connectivity index (χ4n) is 2.64. The summed E-state index contributed by atoms with van der Waals surface area (Å²) in [6.45, 7) is 1.17. The average Bonchev–Trinajstić information content (AvgIpc) is 2.54. The van der Waals surface area contributed by atoms with Crippen LogP contribution in [0.5, 0.6) is 0 Å². The second-order valence-electron chi connectivity index (χ2n) is 5.56. The highest BCUT2D eigenvalue weighted by Gasteiger charge is 2.27. The number of carbonyl (C=O) groups is 1. The standard InChI is InChI=1S/C15H18N6O3/c1-21-10(6-17-9-4-2-8(3-5-9)14(23)24)7-18-12-11(21)13(22)20-15(16)19-12/h2-5,10,17H,6-7H2,1H3,(H,23,24)(H4,16,18,19,20,22)/t10-/m0/s1. The van der Waals surface area contributed by atoms with Crippen LogP contribution in [-0.4, -0.2) is 47.2 Å². The number of aromatic nitrogens is 2. The Morgan fingerprint density at radius 1 is 1.46 bits per heavy atom. The van der Waals surface area contributed by atoms with Gasteiger partial charge in [-0.15, -0.1) is 0 Å². The number of hydrogen-bond acceptors (Lipinski definition) is 7. The summed E-state index contributed by atoms with van der Waals surface area (Å²) in [5.41, 5.74) is 6.76. The van der Waals surface area contributed by atoms with Crippen LogP contribution in [0.4, 0.5) is 23.1 Å². The highest BCUT2D eigenvalue weighted by molar-refractivity contribution is 5.88. The summed E-state index contributed by atoms with van der Waals surface area (Å²) < 4.78 is 0. The third kappa shape index (κ3) is 2.96. The lowest BCUT2D eigenvalue weighted by atomic mass is 10.1. The minimum Gasteiger partial charge on any atom is -0.478 e. The Kier molecular flexibility index (Phi) is 3.98. The molecule has 0 bridgehead atoms. The average molecular weight is 330 g/mol. The molecule has 0 amide bonds. The van der Waals surface area contributed by atoms with Crippen molar-refractivity contribution in [3.63, 3.8) is 0 Å². The first-order chi connectivity index (χ1) is 11.5. The lowest BCUT2D eigenvalue weighted by molar-refractivity contribution is 0.0697. The van der Waals surface area contributed by atoms with Gasteiger partial charge in [-0.05, 0) is 24.3 Å². The highest BCUT2D eigenvalue weighted by atomic mass is 16.4. The van der Waals surface area contributed by atoms with Gasteiger partial charge in [0.25, 0.3) is 5.56 Å². The van der Waals surface area contributed by atoms with E-state index in [9.17, 15) is 9.59 Å². The number of anilines is 4. The summed E-state index contributed by atoms with van der Waals surface area (Å²) >= 11 is 0. The second kappa shape index (κ2) is 6.11. The van der Waals surface area contributed by atoms with Crippen LogP contribution in [-0.2, 0) is 0 Å². The molecule has 0 saturated carbocycles. The molecule has 9 heteroatoms. The van der Waals surface area contributed by atoms with Crippen LogP contribution in [0.25, 0.3) is 0 Å². The highest BCUT2D eigenvalue weighted by Crippen LogP contribution is 2.25. The monoisotopic (exact) mass is 330 g/mol. The van der Waals surface area contributed by atoms with Crippen LogP contribution in [0.3, 0.4) is 0 Å². The molecule has 0 fully saturated rings. The predicted octanol–water partition coefficient (Wildman–Crippen LogP) is 0.393. The molecule has 9 nitrogen and oxygen atoms in total. The summed E-state index contributed by atoms with van der Waals surface area (Å²) in [6, 6.07) is 6.52. The molecule has 3 rings (SSSR count). The second-order valence-corrected chi connectivity index (χ2v) is 5.56. The number of nitrogens with two attached hydrogens (primary N) is 1. The largest absolute Gasteiger partial charge is 0.478 e. The number of likely N-dealkylation sites (N-methyl/N-ethyl adjacent to an activating group) is 1. The lowest BCUT2D eigenvalue weighted by Crippen LogP contribution is -2.48.